The van der Waals surface area contributed by atoms with E-state index in [4.69, 9.17) is 17.0 Å². The standard InChI is InChI=1S/C23H26F3N3O2S/c1-2-3-13-31-18-8-6-7-16(14-18)21(30)28-22(32)27-19-15-17(23(24,25)26)9-10-20(19)29-11-4-5-12-29/h6-10,14-15H,2-5,11-13H2,1H3,(H2,27,28,30,32). The third kappa shape index (κ3) is 6.35. The molecular formula is C23H26F3N3O2S. The first kappa shape index (κ1) is 23.8. The molecule has 1 aliphatic heterocycles. The van der Waals surface area contributed by atoms with Gasteiger partial charge in [-0.15, -0.1) is 0 Å². The summed E-state index contributed by atoms with van der Waals surface area (Å²) in [5.74, 6) is 0.0947. The van der Waals surface area contributed by atoms with Gasteiger partial charge in [-0.05, 0) is 67.9 Å². The maximum absolute atomic E-state index is 13.2. The minimum absolute atomic E-state index is 0.0768. The van der Waals surface area contributed by atoms with E-state index in [0.717, 1.165) is 50.9 Å². The van der Waals surface area contributed by atoms with Crippen LogP contribution in [0.1, 0.15) is 48.5 Å². The number of nitrogens with one attached hydrogen (secondary N) is 2. The Hall–Kier alpha value is -2.81. The van der Waals surface area contributed by atoms with Gasteiger partial charge in [-0.3, -0.25) is 10.1 Å². The third-order valence-electron chi connectivity index (χ3n) is 5.11. The Morgan fingerprint density at radius 2 is 1.91 bits per heavy atom. The lowest BCUT2D eigenvalue weighted by Gasteiger charge is -2.23. The van der Waals surface area contributed by atoms with E-state index in [0.29, 0.717) is 23.6 Å². The van der Waals surface area contributed by atoms with Crippen molar-refractivity contribution in [2.45, 2.75) is 38.8 Å². The van der Waals surface area contributed by atoms with Crippen LogP contribution in [0.4, 0.5) is 24.5 Å². The highest BCUT2D eigenvalue weighted by molar-refractivity contribution is 7.80. The Balaban J connectivity index is 1.72. The largest absolute Gasteiger partial charge is 0.494 e. The summed E-state index contributed by atoms with van der Waals surface area (Å²) in [4.78, 5) is 14.6. The van der Waals surface area contributed by atoms with E-state index in [-0.39, 0.29) is 10.8 Å². The molecule has 2 aromatic carbocycles. The number of nitrogens with zero attached hydrogens (tertiary/aromatic N) is 1. The van der Waals surface area contributed by atoms with Gasteiger partial charge in [-0.2, -0.15) is 13.2 Å². The minimum Gasteiger partial charge on any atom is -0.494 e. The lowest BCUT2D eigenvalue weighted by molar-refractivity contribution is -0.137. The predicted molar refractivity (Wildman–Crippen MR) is 123 cm³/mol. The summed E-state index contributed by atoms with van der Waals surface area (Å²) >= 11 is 5.23. The molecule has 1 amide bonds. The first-order valence-corrected chi connectivity index (χ1v) is 11.0. The number of carbonyl (C=O) groups is 1. The van der Waals surface area contributed by atoms with E-state index in [1.54, 1.807) is 24.3 Å². The predicted octanol–water partition coefficient (Wildman–Crippen LogP) is 5.61. The first-order valence-electron chi connectivity index (χ1n) is 10.6. The fraction of sp³-hybridized carbons (Fsp3) is 0.391. The summed E-state index contributed by atoms with van der Waals surface area (Å²) in [7, 11) is 0. The van der Waals surface area contributed by atoms with Crippen LogP contribution in [-0.2, 0) is 6.18 Å². The SMILES string of the molecule is CCCCOc1cccc(C(=O)NC(=S)Nc2cc(C(F)(F)F)ccc2N2CCCC2)c1. The molecule has 2 aromatic rings. The highest BCUT2D eigenvalue weighted by Gasteiger charge is 2.32. The fourth-order valence-corrected chi connectivity index (χ4v) is 3.64. The van der Waals surface area contributed by atoms with Crippen LogP contribution >= 0.6 is 12.2 Å². The smallest absolute Gasteiger partial charge is 0.416 e. The molecule has 0 atom stereocenters. The minimum atomic E-state index is -4.48. The first-order chi connectivity index (χ1) is 15.3. The van der Waals surface area contributed by atoms with E-state index in [1.165, 1.54) is 6.07 Å². The van der Waals surface area contributed by atoms with Crippen LogP contribution in [0.3, 0.4) is 0 Å². The van der Waals surface area contributed by atoms with Crippen LogP contribution in [0, 0.1) is 0 Å². The van der Waals surface area contributed by atoms with Crippen molar-refractivity contribution in [2.24, 2.45) is 0 Å². The van der Waals surface area contributed by atoms with Crippen molar-refractivity contribution in [3.05, 3.63) is 53.6 Å². The normalized spacial score (nSPS) is 13.7. The van der Waals surface area contributed by atoms with Crippen molar-refractivity contribution in [3.63, 3.8) is 0 Å². The maximum Gasteiger partial charge on any atom is 0.416 e. The molecule has 32 heavy (non-hydrogen) atoms. The van der Waals surface area contributed by atoms with E-state index in [9.17, 15) is 18.0 Å². The van der Waals surface area contributed by atoms with Gasteiger partial charge in [0.15, 0.2) is 5.11 Å². The third-order valence-corrected chi connectivity index (χ3v) is 5.31. The summed E-state index contributed by atoms with van der Waals surface area (Å²) in [6.45, 7) is 4.12. The fourth-order valence-electron chi connectivity index (χ4n) is 3.44. The highest BCUT2D eigenvalue weighted by Crippen LogP contribution is 2.36. The van der Waals surface area contributed by atoms with Gasteiger partial charge >= 0.3 is 6.18 Å². The molecule has 0 saturated carbocycles. The highest BCUT2D eigenvalue weighted by atomic mass is 32.1. The van der Waals surface area contributed by atoms with Gasteiger partial charge in [0.05, 0.1) is 23.5 Å². The molecule has 1 fully saturated rings. The van der Waals surface area contributed by atoms with Gasteiger partial charge in [0.2, 0.25) is 0 Å². The van der Waals surface area contributed by atoms with Crippen molar-refractivity contribution in [3.8, 4) is 5.75 Å². The summed E-state index contributed by atoms with van der Waals surface area (Å²) < 4.78 is 45.3. The topological polar surface area (TPSA) is 53.6 Å². The monoisotopic (exact) mass is 465 g/mol. The average molecular weight is 466 g/mol. The summed E-state index contributed by atoms with van der Waals surface area (Å²) in [6, 6.07) is 10.2. The second-order valence-corrected chi connectivity index (χ2v) is 7.97. The van der Waals surface area contributed by atoms with Crippen LogP contribution < -0.4 is 20.3 Å². The van der Waals surface area contributed by atoms with Gasteiger partial charge in [-0.1, -0.05) is 19.4 Å². The Bertz CT molecular complexity index is 960. The molecule has 0 spiro atoms. The molecular weight excluding hydrogens is 439 g/mol. The molecule has 1 saturated heterocycles. The lowest BCUT2D eigenvalue weighted by atomic mass is 10.1. The number of anilines is 2. The van der Waals surface area contributed by atoms with Crippen molar-refractivity contribution >= 4 is 34.6 Å². The number of carbonyl (C=O) groups excluding carboxylic acids is 1. The Labute approximate surface area is 190 Å². The number of halogens is 3. The molecule has 9 heteroatoms. The van der Waals surface area contributed by atoms with Crippen LogP contribution in [0.5, 0.6) is 5.75 Å². The zero-order valence-electron chi connectivity index (χ0n) is 17.8. The van der Waals surface area contributed by atoms with Crippen molar-refractivity contribution in [2.75, 3.05) is 29.9 Å². The van der Waals surface area contributed by atoms with Crippen LogP contribution in [0.2, 0.25) is 0 Å². The molecule has 1 heterocycles. The number of hydrogen-bond donors (Lipinski definition) is 2. The van der Waals surface area contributed by atoms with Crippen LogP contribution in [0.15, 0.2) is 42.5 Å². The number of benzene rings is 2. The van der Waals surface area contributed by atoms with Crippen molar-refractivity contribution in [1.82, 2.24) is 5.32 Å². The molecule has 172 valence electrons. The van der Waals surface area contributed by atoms with E-state index in [1.807, 2.05) is 4.90 Å². The maximum atomic E-state index is 13.2. The Morgan fingerprint density at radius 3 is 2.59 bits per heavy atom. The number of alkyl halides is 3. The summed E-state index contributed by atoms with van der Waals surface area (Å²) in [5.41, 5.74) is 0.392. The van der Waals surface area contributed by atoms with Crippen LogP contribution in [-0.4, -0.2) is 30.7 Å². The van der Waals surface area contributed by atoms with Crippen LogP contribution in [0.25, 0.3) is 0 Å². The molecule has 0 radical (unpaired) electrons. The number of hydrogen-bond acceptors (Lipinski definition) is 4. The zero-order chi connectivity index (χ0) is 23.1. The van der Waals surface area contributed by atoms with Gasteiger partial charge in [0.25, 0.3) is 5.91 Å². The second kappa shape index (κ2) is 10.7. The molecule has 0 bridgehead atoms. The van der Waals surface area contributed by atoms with Crippen molar-refractivity contribution in [1.29, 1.82) is 0 Å². The Kier molecular flexibility index (Phi) is 7.95. The van der Waals surface area contributed by atoms with E-state index < -0.39 is 17.6 Å². The number of ether oxygens (including phenoxy) is 1. The molecule has 1 aliphatic rings. The Morgan fingerprint density at radius 1 is 1.16 bits per heavy atom. The lowest BCUT2D eigenvalue weighted by Crippen LogP contribution is -2.34. The average Bonchev–Trinajstić information content (AvgIpc) is 3.28. The molecule has 0 unspecified atom stereocenters. The second-order valence-electron chi connectivity index (χ2n) is 7.56. The van der Waals surface area contributed by atoms with Gasteiger partial charge < -0.3 is 15.0 Å². The number of unbranched alkanes of at least 4 members (excludes halogenated alkanes) is 1. The molecule has 5 nitrogen and oxygen atoms in total. The van der Waals surface area contributed by atoms with E-state index in [2.05, 4.69) is 17.6 Å². The zero-order valence-corrected chi connectivity index (χ0v) is 18.6. The summed E-state index contributed by atoms with van der Waals surface area (Å²) in [5, 5.41) is 5.25. The van der Waals surface area contributed by atoms with Gasteiger partial charge in [-0.25, -0.2) is 0 Å². The number of thiocarbonyl (C=S) groups is 1. The molecule has 0 aromatic heterocycles. The van der Waals surface area contributed by atoms with Gasteiger partial charge in [0, 0.05) is 18.7 Å². The number of amides is 1. The van der Waals surface area contributed by atoms with Gasteiger partial charge in [0.1, 0.15) is 5.75 Å². The molecule has 0 aliphatic carbocycles. The van der Waals surface area contributed by atoms with E-state index >= 15 is 0 Å². The quantitative estimate of drug-likeness (QED) is 0.411. The number of rotatable bonds is 7. The summed E-state index contributed by atoms with van der Waals surface area (Å²) in [6.07, 6.45) is -0.643. The molecule has 3 rings (SSSR count). The molecule has 2 N–H and O–H groups in total. The van der Waals surface area contributed by atoms with Crippen molar-refractivity contribution < 1.29 is 22.7 Å².